The lowest BCUT2D eigenvalue weighted by Crippen LogP contribution is -2.44. The van der Waals surface area contributed by atoms with Gasteiger partial charge in [-0.05, 0) is 43.5 Å². The van der Waals surface area contributed by atoms with Crippen LogP contribution in [0.4, 0.5) is 0 Å². The molecule has 1 aromatic heterocycles. The van der Waals surface area contributed by atoms with E-state index in [0.29, 0.717) is 10.7 Å². The molecule has 1 amide bonds. The van der Waals surface area contributed by atoms with Crippen LogP contribution in [0.15, 0.2) is 24.3 Å². The second kappa shape index (κ2) is 4.87. The van der Waals surface area contributed by atoms with Gasteiger partial charge in [-0.3, -0.25) is 4.79 Å². The van der Waals surface area contributed by atoms with Crippen LogP contribution < -0.4 is 11.1 Å². The third kappa shape index (κ3) is 2.46. The number of hydrogen-bond acceptors (Lipinski definition) is 2. The second-order valence-electron chi connectivity index (χ2n) is 5.09. The van der Waals surface area contributed by atoms with Crippen molar-refractivity contribution in [3.63, 3.8) is 0 Å². The fourth-order valence-corrected chi connectivity index (χ4v) is 2.82. The topological polar surface area (TPSA) is 70.9 Å². The van der Waals surface area contributed by atoms with E-state index in [2.05, 4.69) is 10.3 Å². The molecule has 100 valence electrons. The summed E-state index contributed by atoms with van der Waals surface area (Å²) < 4.78 is 0. The van der Waals surface area contributed by atoms with Crippen LogP contribution in [0.5, 0.6) is 0 Å². The number of amides is 1. The van der Waals surface area contributed by atoms with E-state index in [9.17, 15) is 4.79 Å². The van der Waals surface area contributed by atoms with Gasteiger partial charge in [0, 0.05) is 28.0 Å². The fourth-order valence-electron chi connectivity index (χ4n) is 2.64. The summed E-state index contributed by atoms with van der Waals surface area (Å²) in [6, 6.07) is 7.48. The molecule has 0 spiro atoms. The summed E-state index contributed by atoms with van der Waals surface area (Å²) in [4.78, 5) is 15.3. The molecule has 3 rings (SSSR count). The standard InChI is InChI=1S/C14H16ClN3O/c15-9-4-5-11-8(6-9)7-13(17-11)14(19)18-12-3-1-2-10(12)16/h4-7,10,12,17H,1-3,16H2,(H,18,19)/t10-,12?/m0/s1. The molecular weight excluding hydrogens is 262 g/mol. The number of aromatic amines is 1. The summed E-state index contributed by atoms with van der Waals surface area (Å²) in [6.45, 7) is 0. The van der Waals surface area contributed by atoms with Gasteiger partial charge in [-0.2, -0.15) is 0 Å². The van der Waals surface area contributed by atoms with Crippen molar-refractivity contribution in [3.8, 4) is 0 Å². The molecule has 0 bridgehead atoms. The van der Waals surface area contributed by atoms with Gasteiger partial charge in [-0.1, -0.05) is 11.6 Å². The quantitative estimate of drug-likeness (QED) is 0.789. The predicted octanol–water partition coefficient (Wildman–Crippen LogP) is 2.43. The van der Waals surface area contributed by atoms with Gasteiger partial charge >= 0.3 is 0 Å². The van der Waals surface area contributed by atoms with Crippen molar-refractivity contribution in [2.45, 2.75) is 31.3 Å². The van der Waals surface area contributed by atoms with Crippen molar-refractivity contribution < 1.29 is 4.79 Å². The maximum Gasteiger partial charge on any atom is 0.268 e. The van der Waals surface area contributed by atoms with Gasteiger partial charge in [0.15, 0.2) is 0 Å². The number of aromatic nitrogens is 1. The van der Waals surface area contributed by atoms with Crippen LogP contribution >= 0.6 is 11.6 Å². The molecule has 1 aliphatic rings. The molecule has 0 radical (unpaired) electrons. The Kier molecular flexibility index (Phi) is 3.21. The van der Waals surface area contributed by atoms with E-state index in [1.165, 1.54) is 0 Å². The zero-order valence-corrected chi connectivity index (χ0v) is 11.2. The zero-order chi connectivity index (χ0) is 13.4. The molecule has 1 unspecified atom stereocenters. The average molecular weight is 278 g/mol. The Morgan fingerprint density at radius 3 is 2.95 bits per heavy atom. The van der Waals surface area contributed by atoms with Gasteiger partial charge in [0.1, 0.15) is 5.69 Å². The summed E-state index contributed by atoms with van der Waals surface area (Å²) in [5.74, 6) is -0.102. The molecular formula is C14H16ClN3O. The van der Waals surface area contributed by atoms with E-state index in [4.69, 9.17) is 17.3 Å². The van der Waals surface area contributed by atoms with E-state index in [1.807, 2.05) is 18.2 Å². The largest absolute Gasteiger partial charge is 0.351 e. The number of hydrogen-bond donors (Lipinski definition) is 3. The van der Waals surface area contributed by atoms with E-state index >= 15 is 0 Å². The highest BCUT2D eigenvalue weighted by molar-refractivity contribution is 6.31. The van der Waals surface area contributed by atoms with Crippen LogP contribution in [0, 0.1) is 0 Å². The van der Waals surface area contributed by atoms with E-state index in [-0.39, 0.29) is 18.0 Å². The number of carbonyl (C=O) groups is 1. The first kappa shape index (κ1) is 12.5. The number of rotatable bonds is 2. The molecule has 5 heteroatoms. The van der Waals surface area contributed by atoms with Gasteiger partial charge in [-0.15, -0.1) is 0 Å². The van der Waals surface area contributed by atoms with E-state index in [1.54, 1.807) is 6.07 Å². The third-order valence-electron chi connectivity index (χ3n) is 3.71. The molecule has 1 fully saturated rings. The Morgan fingerprint density at radius 1 is 1.37 bits per heavy atom. The number of fused-ring (bicyclic) bond motifs is 1. The fraction of sp³-hybridized carbons (Fsp3) is 0.357. The lowest BCUT2D eigenvalue weighted by atomic mass is 10.2. The van der Waals surface area contributed by atoms with E-state index in [0.717, 1.165) is 30.2 Å². The van der Waals surface area contributed by atoms with Crippen molar-refractivity contribution in [1.29, 1.82) is 0 Å². The Bertz CT molecular complexity index is 622. The zero-order valence-electron chi connectivity index (χ0n) is 10.4. The number of nitrogens with two attached hydrogens (primary N) is 1. The molecule has 4 N–H and O–H groups in total. The number of halogens is 1. The molecule has 2 atom stereocenters. The van der Waals surface area contributed by atoms with Gasteiger partial charge in [-0.25, -0.2) is 0 Å². The molecule has 19 heavy (non-hydrogen) atoms. The van der Waals surface area contributed by atoms with E-state index < -0.39 is 0 Å². The summed E-state index contributed by atoms with van der Waals surface area (Å²) in [6.07, 6.45) is 3.01. The molecule has 4 nitrogen and oxygen atoms in total. The minimum absolute atomic E-state index is 0.0720. The van der Waals surface area contributed by atoms with Gasteiger partial charge in [0.25, 0.3) is 5.91 Å². The van der Waals surface area contributed by atoms with Gasteiger partial charge in [0.2, 0.25) is 0 Å². The van der Waals surface area contributed by atoms with Crippen molar-refractivity contribution in [2.24, 2.45) is 5.73 Å². The molecule has 1 aliphatic carbocycles. The maximum absolute atomic E-state index is 12.2. The minimum Gasteiger partial charge on any atom is -0.351 e. The van der Waals surface area contributed by atoms with Crippen molar-refractivity contribution in [1.82, 2.24) is 10.3 Å². The molecule has 2 aromatic rings. The summed E-state index contributed by atoms with van der Waals surface area (Å²) in [5, 5.41) is 4.59. The number of benzene rings is 1. The number of nitrogens with one attached hydrogen (secondary N) is 2. The Morgan fingerprint density at radius 2 is 2.21 bits per heavy atom. The monoisotopic (exact) mass is 277 g/mol. The number of carbonyl (C=O) groups excluding carboxylic acids is 1. The van der Waals surface area contributed by atoms with Crippen LogP contribution in [-0.2, 0) is 0 Å². The highest BCUT2D eigenvalue weighted by atomic mass is 35.5. The van der Waals surface area contributed by atoms with Crippen LogP contribution in [0.1, 0.15) is 29.8 Å². The first-order chi connectivity index (χ1) is 9.13. The molecule has 0 aliphatic heterocycles. The first-order valence-corrected chi connectivity index (χ1v) is 6.86. The van der Waals surface area contributed by atoms with Crippen molar-refractivity contribution in [2.75, 3.05) is 0 Å². The summed E-state index contributed by atoms with van der Waals surface area (Å²) in [7, 11) is 0. The molecule has 1 heterocycles. The molecule has 1 aromatic carbocycles. The summed E-state index contributed by atoms with van der Waals surface area (Å²) in [5.41, 5.74) is 7.42. The lowest BCUT2D eigenvalue weighted by Gasteiger charge is -2.16. The Hall–Kier alpha value is -1.52. The van der Waals surface area contributed by atoms with Gasteiger partial charge in [0.05, 0.1) is 0 Å². The van der Waals surface area contributed by atoms with Crippen LogP contribution in [0.3, 0.4) is 0 Å². The smallest absolute Gasteiger partial charge is 0.268 e. The summed E-state index contributed by atoms with van der Waals surface area (Å²) >= 11 is 5.93. The Balaban J connectivity index is 1.81. The van der Waals surface area contributed by atoms with Crippen molar-refractivity contribution >= 4 is 28.4 Å². The Labute approximate surface area is 116 Å². The number of H-pyrrole nitrogens is 1. The average Bonchev–Trinajstić information content (AvgIpc) is 2.96. The first-order valence-electron chi connectivity index (χ1n) is 6.48. The maximum atomic E-state index is 12.2. The molecule has 0 saturated heterocycles. The van der Waals surface area contributed by atoms with Crippen LogP contribution in [0.2, 0.25) is 5.02 Å². The highest BCUT2D eigenvalue weighted by Crippen LogP contribution is 2.21. The molecule has 1 saturated carbocycles. The van der Waals surface area contributed by atoms with Crippen LogP contribution in [0.25, 0.3) is 10.9 Å². The SMILES string of the molecule is N[C@H]1CCCC1NC(=O)c1cc2cc(Cl)ccc2[nH]1. The second-order valence-corrected chi connectivity index (χ2v) is 5.53. The lowest BCUT2D eigenvalue weighted by molar-refractivity contribution is 0.0930. The highest BCUT2D eigenvalue weighted by Gasteiger charge is 2.26. The van der Waals surface area contributed by atoms with Crippen LogP contribution in [-0.4, -0.2) is 23.0 Å². The normalized spacial score (nSPS) is 22.8. The van der Waals surface area contributed by atoms with Gasteiger partial charge < -0.3 is 16.0 Å². The predicted molar refractivity (Wildman–Crippen MR) is 76.4 cm³/mol. The third-order valence-corrected chi connectivity index (χ3v) is 3.95. The van der Waals surface area contributed by atoms with Crippen molar-refractivity contribution in [3.05, 3.63) is 35.0 Å². The minimum atomic E-state index is -0.102.